The molecule has 0 spiro atoms. The molecule has 94 valence electrons. The molecular formula is C15H23NS. The molecule has 0 amide bonds. The zero-order chi connectivity index (χ0) is 12.3. The summed E-state index contributed by atoms with van der Waals surface area (Å²) >= 11 is 2.05. The average Bonchev–Trinajstić information content (AvgIpc) is 2.69. The third-order valence-corrected chi connectivity index (χ3v) is 4.79. The highest BCUT2D eigenvalue weighted by atomic mass is 32.2. The molecule has 0 saturated carbocycles. The van der Waals surface area contributed by atoms with Crippen LogP contribution in [0.5, 0.6) is 0 Å². The first-order valence-corrected chi connectivity index (χ1v) is 7.51. The minimum absolute atomic E-state index is 0.696. The van der Waals surface area contributed by atoms with Crippen LogP contribution in [0.1, 0.15) is 32.3 Å². The van der Waals surface area contributed by atoms with Crippen molar-refractivity contribution in [1.29, 1.82) is 0 Å². The quantitative estimate of drug-likeness (QED) is 0.861. The number of thioether (sulfide) groups is 1. The first kappa shape index (κ1) is 13.0. The molecule has 0 radical (unpaired) electrons. The molecule has 1 nitrogen and oxygen atoms in total. The molecule has 0 saturated heterocycles. The second-order valence-electron chi connectivity index (χ2n) is 5.52. The molecule has 2 atom stereocenters. The summed E-state index contributed by atoms with van der Waals surface area (Å²) in [5, 5.41) is 0.750. The predicted octanol–water partition coefficient (Wildman–Crippen LogP) is 3.71. The second-order valence-corrected chi connectivity index (χ2v) is 6.86. The van der Waals surface area contributed by atoms with Gasteiger partial charge in [0, 0.05) is 10.1 Å². The summed E-state index contributed by atoms with van der Waals surface area (Å²) in [7, 11) is 0. The number of rotatable bonds is 5. The van der Waals surface area contributed by atoms with Crippen LogP contribution in [0.25, 0.3) is 0 Å². The van der Waals surface area contributed by atoms with E-state index in [1.54, 1.807) is 0 Å². The molecule has 2 heteroatoms. The Morgan fingerprint density at radius 3 is 2.76 bits per heavy atom. The molecule has 2 unspecified atom stereocenters. The number of hydrogen-bond donors (Lipinski definition) is 1. The van der Waals surface area contributed by atoms with Crippen molar-refractivity contribution in [2.75, 3.05) is 6.54 Å². The van der Waals surface area contributed by atoms with Crippen molar-refractivity contribution in [2.45, 2.75) is 43.3 Å². The van der Waals surface area contributed by atoms with Crippen molar-refractivity contribution >= 4 is 11.8 Å². The van der Waals surface area contributed by atoms with Crippen LogP contribution in [0.15, 0.2) is 29.2 Å². The van der Waals surface area contributed by atoms with E-state index in [2.05, 4.69) is 49.9 Å². The van der Waals surface area contributed by atoms with Gasteiger partial charge in [-0.05, 0) is 49.3 Å². The normalized spacial score (nSPS) is 20.6. The maximum atomic E-state index is 5.89. The van der Waals surface area contributed by atoms with Crippen molar-refractivity contribution in [3.63, 3.8) is 0 Å². The van der Waals surface area contributed by atoms with Crippen LogP contribution < -0.4 is 5.73 Å². The maximum absolute atomic E-state index is 5.89. The summed E-state index contributed by atoms with van der Waals surface area (Å²) in [5.74, 6) is 1.46. The third-order valence-electron chi connectivity index (χ3n) is 3.45. The Balaban J connectivity index is 1.90. The molecule has 0 bridgehead atoms. The standard InChI is InChI=1S/C15H23NS/c1-11(2)7-12(10-16)8-14-9-13-5-3-4-6-15(13)17-14/h3-6,11-12,14H,7-10,16H2,1-2H3. The number of fused-ring (bicyclic) bond motifs is 1. The highest BCUT2D eigenvalue weighted by molar-refractivity contribution is 8.00. The Labute approximate surface area is 109 Å². The van der Waals surface area contributed by atoms with Crippen molar-refractivity contribution in [2.24, 2.45) is 17.6 Å². The molecule has 0 aromatic heterocycles. The van der Waals surface area contributed by atoms with Gasteiger partial charge in [0.2, 0.25) is 0 Å². The van der Waals surface area contributed by atoms with E-state index < -0.39 is 0 Å². The molecule has 1 aromatic rings. The summed E-state index contributed by atoms with van der Waals surface area (Å²) in [4.78, 5) is 1.48. The molecule has 17 heavy (non-hydrogen) atoms. The van der Waals surface area contributed by atoms with E-state index in [-0.39, 0.29) is 0 Å². The zero-order valence-electron chi connectivity index (χ0n) is 10.9. The van der Waals surface area contributed by atoms with E-state index in [0.29, 0.717) is 5.92 Å². The van der Waals surface area contributed by atoms with Gasteiger partial charge in [-0.2, -0.15) is 0 Å². The first-order chi connectivity index (χ1) is 8.19. The van der Waals surface area contributed by atoms with E-state index in [1.165, 1.54) is 29.7 Å². The molecule has 2 N–H and O–H groups in total. The lowest BCUT2D eigenvalue weighted by atomic mass is 9.91. The van der Waals surface area contributed by atoms with Crippen molar-refractivity contribution in [3.8, 4) is 0 Å². The Morgan fingerprint density at radius 1 is 1.35 bits per heavy atom. The average molecular weight is 249 g/mol. The van der Waals surface area contributed by atoms with Gasteiger partial charge in [0.25, 0.3) is 0 Å². The van der Waals surface area contributed by atoms with Crippen LogP contribution in [0.3, 0.4) is 0 Å². The molecule has 1 aliphatic heterocycles. The highest BCUT2D eigenvalue weighted by Gasteiger charge is 2.24. The fourth-order valence-electron chi connectivity index (χ4n) is 2.71. The third kappa shape index (κ3) is 3.49. The fraction of sp³-hybridized carbons (Fsp3) is 0.600. The summed E-state index contributed by atoms with van der Waals surface area (Å²) in [6.45, 7) is 5.42. The fourth-order valence-corrected chi connectivity index (χ4v) is 4.16. The van der Waals surface area contributed by atoms with E-state index >= 15 is 0 Å². The molecular weight excluding hydrogens is 226 g/mol. The Morgan fingerprint density at radius 2 is 2.12 bits per heavy atom. The van der Waals surface area contributed by atoms with Gasteiger partial charge < -0.3 is 5.73 Å². The number of nitrogens with two attached hydrogens (primary N) is 1. The predicted molar refractivity (Wildman–Crippen MR) is 76.4 cm³/mol. The van der Waals surface area contributed by atoms with E-state index in [4.69, 9.17) is 5.73 Å². The van der Waals surface area contributed by atoms with Crippen molar-refractivity contribution in [3.05, 3.63) is 29.8 Å². The molecule has 0 aliphatic carbocycles. The summed E-state index contributed by atoms with van der Waals surface area (Å²) in [6.07, 6.45) is 3.77. The van der Waals surface area contributed by atoms with Gasteiger partial charge in [0.05, 0.1) is 0 Å². The van der Waals surface area contributed by atoms with Crippen molar-refractivity contribution < 1.29 is 0 Å². The van der Waals surface area contributed by atoms with Crippen LogP contribution in [-0.2, 0) is 6.42 Å². The Kier molecular flexibility index (Phi) is 4.52. The van der Waals surface area contributed by atoms with Crippen LogP contribution >= 0.6 is 11.8 Å². The van der Waals surface area contributed by atoms with E-state index in [9.17, 15) is 0 Å². The largest absolute Gasteiger partial charge is 0.330 e. The van der Waals surface area contributed by atoms with E-state index in [1.807, 2.05) is 0 Å². The number of hydrogen-bond acceptors (Lipinski definition) is 2. The summed E-state index contributed by atoms with van der Waals surface area (Å²) < 4.78 is 0. The van der Waals surface area contributed by atoms with Crippen LogP contribution in [0.2, 0.25) is 0 Å². The minimum atomic E-state index is 0.696. The zero-order valence-corrected chi connectivity index (χ0v) is 11.7. The van der Waals surface area contributed by atoms with Crippen molar-refractivity contribution in [1.82, 2.24) is 0 Å². The van der Waals surface area contributed by atoms with Gasteiger partial charge in [-0.3, -0.25) is 0 Å². The van der Waals surface area contributed by atoms with Gasteiger partial charge >= 0.3 is 0 Å². The van der Waals surface area contributed by atoms with Gasteiger partial charge in [-0.1, -0.05) is 32.0 Å². The van der Waals surface area contributed by atoms with Gasteiger partial charge in [-0.25, -0.2) is 0 Å². The van der Waals surface area contributed by atoms with Crippen LogP contribution in [-0.4, -0.2) is 11.8 Å². The van der Waals surface area contributed by atoms with Gasteiger partial charge in [0.15, 0.2) is 0 Å². The summed E-state index contributed by atoms with van der Waals surface area (Å²) in [6, 6.07) is 8.81. The smallest absolute Gasteiger partial charge is 0.0138 e. The van der Waals surface area contributed by atoms with Gasteiger partial charge in [0.1, 0.15) is 0 Å². The lowest BCUT2D eigenvalue weighted by Gasteiger charge is -2.20. The minimum Gasteiger partial charge on any atom is -0.330 e. The lowest BCUT2D eigenvalue weighted by Crippen LogP contribution is -2.20. The highest BCUT2D eigenvalue weighted by Crippen LogP contribution is 2.40. The SMILES string of the molecule is CC(C)CC(CN)CC1Cc2ccccc2S1. The maximum Gasteiger partial charge on any atom is 0.0138 e. The molecule has 1 heterocycles. The Hall–Kier alpha value is -0.470. The first-order valence-electron chi connectivity index (χ1n) is 6.63. The topological polar surface area (TPSA) is 26.0 Å². The van der Waals surface area contributed by atoms with Crippen LogP contribution in [0, 0.1) is 11.8 Å². The molecule has 2 rings (SSSR count). The van der Waals surface area contributed by atoms with Gasteiger partial charge in [-0.15, -0.1) is 11.8 Å². The second kappa shape index (κ2) is 5.92. The lowest BCUT2D eigenvalue weighted by molar-refractivity contribution is 0.390. The molecule has 1 aliphatic rings. The molecule has 0 fully saturated rings. The Bertz CT molecular complexity index is 337. The summed E-state index contributed by atoms with van der Waals surface area (Å²) in [5.41, 5.74) is 7.43. The molecule has 1 aromatic carbocycles. The monoisotopic (exact) mass is 249 g/mol. The number of benzene rings is 1. The van der Waals surface area contributed by atoms with Crippen LogP contribution in [0.4, 0.5) is 0 Å². The van der Waals surface area contributed by atoms with E-state index in [0.717, 1.165) is 17.7 Å².